The van der Waals surface area contributed by atoms with Crippen LogP contribution >= 0.6 is 0 Å². The van der Waals surface area contributed by atoms with E-state index in [2.05, 4.69) is 25.8 Å². The van der Waals surface area contributed by atoms with Gasteiger partial charge in [0.2, 0.25) is 0 Å². The van der Waals surface area contributed by atoms with Gasteiger partial charge in [-0.25, -0.2) is 4.98 Å². The average Bonchev–Trinajstić information content (AvgIpc) is 2.27. The Kier molecular flexibility index (Phi) is 4.14. The maximum absolute atomic E-state index is 11.2. The summed E-state index contributed by atoms with van der Waals surface area (Å²) in [6.45, 7) is 6.67. The van der Waals surface area contributed by atoms with Crippen LogP contribution in [0.25, 0.3) is 0 Å². The van der Waals surface area contributed by atoms with E-state index in [1.165, 1.54) is 6.42 Å². The highest BCUT2D eigenvalue weighted by Gasteiger charge is 2.42. The Morgan fingerprint density at radius 1 is 1.47 bits per heavy atom. The molecule has 0 saturated heterocycles. The standard InChI is InChI=1S/C16H26N2O/c1-11(2)14-5-4-12(3)9-16(14,19)10-13-6-7-18-15(17)8-13/h6-8,11-12,14,19H,4-5,9-10H2,1-3H3,(H2,17,18). The van der Waals surface area contributed by atoms with E-state index >= 15 is 0 Å². The fraction of sp³-hybridized carbons (Fsp3) is 0.688. The van der Waals surface area contributed by atoms with Gasteiger partial charge in [-0.15, -0.1) is 0 Å². The summed E-state index contributed by atoms with van der Waals surface area (Å²) in [6, 6.07) is 3.85. The highest BCUT2D eigenvalue weighted by molar-refractivity contribution is 5.32. The van der Waals surface area contributed by atoms with Gasteiger partial charge < -0.3 is 10.8 Å². The minimum atomic E-state index is -0.598. The number of pyridine rings is 1. The van der Waals surface area contributed by atoms with Gasteiger partial charge in [0.05, 0.1) is 5.60 Å². The van der Waals surface area contributed by atoms with Crippen molar-refractivity contribution in [3.8, 4) is 0 Å². The first-order valence-corrected chi connectivity index (χ1v) is 7.33. The van der Waals surface area contributed by atoms with Crippen LogP contribution in [0.3, 0.4) is 0 Å². The quantitative estimate of drug-likeness (QED) is 0.880. The molecule has 0 spiro atoms. The molecule has 3 unspecified atom stereocenters. The third kappa shape index (κ3) is 3.27. The van der Waals surface area contributed by atoms with E-state index in [0.29, 0.717) is 30.0 Å². The Balaban J connectivity index is 2.21. The molecule has 0 aliphatic heterocycles. The third-order valence-electron chi connectivity index (χ3n) is 4.52. The summed E-state index contributed by atoms with van der Waals surface area (Å²) in [7, 11) is 0. The van der Waals surface area contributed by atoms with Crippen LogP contribution in [0.4, 0.5) is 5.82 Å². The van der Waals surface area contributed by atoms with Crippen LogP contribution in [0, 0.1) is 17.8 Å². The fourth-order valence-electron chi connectivity index (χ4n) is 3.70. The molecule has 1 aromatic heterocycles. The molecule has 0 radical (unpaired) electrons. The predicted octanol–water partition coefficient (Wildman–Crippen LogP) is 3.03. The number of anilines is 1. The topological polar surface area (TPSA) is 59.1 Å². The van der Waals surface area contributed by atoms with Gasteiger partial charge in [-0.2, -0.15) is 0 Å². The Labute approximate surface area is 116 Å². The lowest BCUT2D eigenvalue weighted by Crippen LogP contribution is -2.47. The lowest BCUT2D eigenvalue weighted by atomic mass is 9.65. The Morgan fingerprint density at radius 3 is 2.84 bits per heavy atom. The predicted molar refractivity (Wildman–Crippen MR) is 78.6 cm³/mol. The minimum absolute atomic E-state index is 0.373. The SMILES string of the molecule is CC1CCC(C(C)C)C(O)(Cc2ccnc(N)c2)C1. The van der Waals surface area contributed by atoms with Gasteiger partial charge in [-0.3, -0.25) is 0 Å². The molecule has 1 aliphatic rings. The monoisotopic (exact) mass is 262 g/mol. The summed E-state index contributed by atoms with van der Waals surface area (Å²) in [5, 5.41) is 11.2. The normalized spacial score (nSPS) is 31.6. The molecule has 1 saturated carbocycles. The smallest absolute Gasteiger partial charge is 0.123 e. The number of rotatable bonds is 3. The lowest BCUT2D eigenvalue weighted by Gasteiger charge is -2.45. The van der Waals surface area contributed by atoms with E-state index in [9.17, 15) is 5.11 Å². The highest BCUT2D eigenvalue weighted by atomic mass is 16.3. The fourth-order valence-corrected chi connectivity index (χ4v) is 3.70. The van der Waals surface area contributed by atoms with Crippen LogP contribution < -0.4 is 5.73 Å². The van der Waals surface area contributed by atoms with Gasteiger partial charge >= 0.3 is 0 Å². The molecule has 19 heavy (non-hydrogen) atoms. The molecule has 1 aliphatic carbocycles. The van der Waals surface area contributed by atoms with Crippen LogP contribution in [0.15, 0.2) is 18.3 Å². The van der Waals surface area contributed by atoms with Gasteiger partial charge in [0, 0.05) is 12.6 Å². The molecule has 1 fully saturated rings. The number of nitrogen functional groups attached to an aromatic ring is 1. The lowest BCUT2D eigenvalue weighted by molar-refractivity contribution is -0.0795. The molecule has 0 bridgehead atoms. The second kappa shape index (κ2) is 5.49. The van der Waals surface area contributed by atoms with Gasteiger partial charge in [0.25, 0.3) is 0 Å². The zero-order valence-electron chi connectivity index (χ0n) is 12.3. The van der Waals surface area contributed by atoms with E-state index < -0.39 is 5.60 Å². The van der Waals surface area contributed by atoms with Crippen molar-refractivity contribution in [1.29, 1.82) is 0 Å². The van der Waals surface area contributed by atoms with E-state index in [0.717, 1.165) is 18.4 Å². The van der Waals surface area contributed by atoms with Crippen molar-refractivity contribution in [3.05, 3.63) is 23.9 Å². The van der Waals surface area contributed by atoms with Gasteiger partial charge in [-0.1, -0.05) is 27.2 Å². The first-order chi connectivity index (χ1) is 8.90. The van der Waals surface area contributed by atoms with Gasteiger partial charge in [-0.05, 0) is 48.3 Å². The summed E-state index contributed by atoms with van der Waals surface area (Å²) >= 11 is 0. The van der Waals surface area contributed by atoms with Crippen molar-refractivity contribution >= 4 is 5.82 Å². The van der Waals surface area contributed by atoms with Crippen molar-refractivity contribution < 1.29 is 5.11 Å². The molecule has 3 N–H and O–H groups in total. The van der Waals surface area contributed by atoms with E-state index in [4.69, 9.17) is 5.73 Å². The zero-order valence-corrected chi connectivity index (χ0v) is 12.3. The molecule has 1 heterocycles. The number of nitrogens with zero attached hydrogens (tertiary/aromatic N) is 1. The number of hydrogen-bond donors (Lipinski definition) is 2. The molecule has 3 nitrogen and oxygen atoms in total. The number of aromatic nitrogens is 1. The molecule has 2 rings (SSSR count). The average molecular weight is 262 g/mol. The summed E-state index contributed by atoms with van der Waals surface area (Å²) < 4.78 is 0. The first kappa shape index (κ1) is 14.3. The van der Waals surface area contributed by atoms with E-state index in [-0.39, 0.29) is 0 Å². The second-order valence-corrected chi connectivity index (χ2v) is 6.61. The van der Waals surface area contributed by atoms with Crippen LogP contribution in [0.5, 0.6) is 0 Å². The third-order valence-corrected chi connectivity index (χ3v) is 4.52. The van der Waals surface area contributed by atoms with Crippen LogP contribution in [0.2, 0.25) is 0 Å². The van der Waals surface area contributed by atoms with Crippen LogP contribution in [-0.4, -0.2) is 15.7 Å². The molecule has 3 heteroatoms. The van der Waals surface area contributed by atoms with E-state index in [1.807, 2.05) is 12.1 Å². The maximum atomic E-state index is 11.2. The molecule has 3 atom stereocenters. The molecule has 106 valence electrons. The highest BCUT2D eigenvalue weighted by Crippen LogP contribution is 2.42. The van der Waals surface area contributed by atoms with Gasteiger partial charge in [0.15, 0.2) is 0 Å². The van der Waals surface area contributed by atoms with Crippen molar-refractivity contribution in [1.82, 2.24) is 4.98 Å². The molecular weight excluding hydrogens is 236 g/mol. The minimum Gasteiger partial charge on any atom is -0.389 e. The number of hydrogen-bond acceptors (Lipinski definition) is 3. The Bertz CT molecular complexity index is 433. The van der Waals surface area contributed by atoms with E-state index in [1.54, 1.807) is 6.20 Å². The van der Waals surface area contributed by atoms with Crippen LogP contribution in [0.1, 0.15) is 45.6 Å². The summed E-state index contributed by atoms with van der Waals surface area (Å²) in [6.07, 6.45) is 5.65. The summed E-state index contributed by atoms with van der Waals surface area (Å²) in [5.74, 6) is 2.01. The summed E-state index contributed by atoms with van der Waals surface area (Å²) in [5.41, 5.74) is 6.23. The van der Waals surface area contributed by atoms with Crippen molar-refractivity contribution in [2.24, 2.45) is 17.8 Å². The number of nitrogens with two attached hydrogens (primary N) is 1. The van der Waals surface area contributed by atoms with Gasteiger partial charge in [0.1, 0.15) is 5.82 Å². The maximum Gasteiger partial charge on any atom is 0.123 e. The molecule has 0 amide bonds. The zero-order chi connectivity index (χ0) is 14.0. The largest absolute Gasteiger partial charge is 0.389 e. The Hall–Kier alpha value is -1.09. The van der Waals surface area contributed by atoms with Crippen molar-refractivity contribution in [3.63, 3.8) is 0 Å². The van der Waals surface area contributed by atoms with Crippen molar-refractivity contribution in [2.75, 3.05) is 5.73 Å². The summed E-state index contributed by atoms with van der Waals surface area (Å²) in [4.78, 5) is 4.02. The second-order valence-electron chi connectivity index (χ2n) is 6.61. The number of aliphatic hydroxyl groups is 1. The molecule has 1 aromatic rings. The van der Waals surface area contributed by atoms with Crippen LogP contribution in [-0.2, 0) is 6.42 Å². The Morgan fingerprint density at radius 2 is 2.21 bits per heavy atom. The molecule has 0 aromatic carbocycles. The first-order valence-electron chi connectivity index (χ1n) is 7.33. The molecular formula is C16H26N2O. The van der Waals surface area contributed by atoms with Crippen molar-refractivity contribution in [2.45, 2.75) is 52.1 Å².